The Labute approximate surface area is 67.9 Å². The van der Waals surface area contributed by atoms with Gasteiger partial charge in [0.05, 0.1) is 5.60 Å². The van der Waals surface area contributed by atoms with E-state index in [9.17, 15) is 4.79 Å². The highest BCUT2D eigenvalue weighted by molar-refractivity contribution is 5.57. The fourth-order valence-electron chi connectivity index (χ4n) is 1.78. The van der Waals surface area contributed by atoms with E-state index in [1.165, 1.54) is 0 Å². The summed E-state index contributed by atoms with van der Waals surface area (Å²) in [6, 6.07) is 0. The fourth-order valence-corrected chi connectivity index (χ4v) is 1.78. The SMILES string of the molecule is CCC1CC(C)(C)OC1C=O. The molecule has 1 aliphatic heterocycles. The molecule has 2 unspecified atom stereocenters. The second kappa shape index (κ2) is 2.94. The molecule has 0 N–H and O–H groups in total. The summed E-state index contributed by atoms with van der Waals surface area (Å²) in [5.74, 6) is 0.433. The zero-order valence-electron chi connectivity index (χ0n) is 7.46. The van der Waals surface area contributed by atoms with Crippen molar-refractivity contribution in [3.63, 3.8) is 0 Å². The lowest BCUT2D eigenvalue weighted by Crippen LogP contribution is -2.21. The molecular formula is C9H16O2. The van der Waals surface area contributed by atoms with E-state index in [0.29, 0.717) is 5.92 Å². The second-order valence-electron chi connectivity index (χ2n) is 3.85. The summed E-state index contributed by atoms with van der Waals surface area (Å²) in [5, 5.41) is 0. The van der Waals surface area contributed by atoms with Crippen LogP contribution in [-0.4, -0.2) is 18.0 Å². The van der Waals surface area contributed by atoms with Gasteiger partial charge in [-0.05, 0) is 26.2 Å². The lowest BCUT2D eigenvalue weighted by atomic mass is 9.93. The zero-order chi connectivity index (χ0) is 8.48. The van der Waals surface area contributed by atoms with Crippen LogP contribution in [0, 0.1) is 5.92 Å². The minimum Gasteiger partial charge on any atom is -0.365 e. The van der Waals surface area contributed by atoms with Gasteiger partial charge < -0.3 is 9.53 Å². The summed E-state index contributed by atoms with van der Waals surface area (Å²) < 4.78 is 5.53. The normalized spacial score (nSPS) is 35.5. The molecule has 2 heteroatoms. The maximum Gasteiger partial charge on any atom is 0.149 e. The lowest BCUT2D eigenvalue weighted by molar-refractivity contribution is -0.122. The van der Waals surface area contributed by atoms with Crippen molar-refractivity contribution in [2.24, 2.45) is 5.92 Å². The maximum absolute atomic E-state index is 10.5. The molecule has 1 heterocycles. The Kier molecular flexibility index (Phi) is 2.33. The van der Waals surface area contributed by atoms with Gasteiger partial charge >= 0.3 is 0 Å². The van der Waals surface area contributed by atoms with Crippen molar-refractivity contribution in [1.82, 2.24) is 0 Å². The standard InChI is InChI=1S/C9H16O2/c1-4-7-5-9(2,3)11-8(7)6-10/h6-8H,4-5H2,1-3H3. The smallest absolute Gasteiger partial charge is 0.149 e. The topological polar surface area (TPSA) is 26.3 Å². The van der Waals surface area contributed by atoms with Gasteiger partial charge in [0.2, 0.25) is 0 Å². The summed E-state index contributed by atoms with van der Waals surface area (Å²) in [5.41, 5.74) is -0.0910. The van der Waals surface area contributed by atoms with Gasteiger partial charge in [-0.2, -0.15) is 0 Å². The Balaban J connectivity index is 2.62. The average molecular weight is 156 g/mol. The maximum atomic E-state index is 10.5. The Morgan fingerprint density at radius 3 is 2.64 bits per heavy atom. The average Bonchev–Trinajstić information content (AvgIpc) is 2.25. The molecule has 2 nitrogen and oxygen atoms in total. The molecule has 11 heavy (non-hydrogen) atoms. The molecule has 0 radical (unpaired) electrons. The predicted molar refractivity (Wildman–Crippen MR) is 43.4 cm³/mol. The Morgan fingerprint density at radius 1 is 1.64 bits per heavy atom. The van der Waals surface area contributed by atoms with Crippen LogP contribution in [-0.2, 0) is 9.53 Å². The molecule has 0 aromatic rings. The third-order valence-electron chi connectivity index (χ3n) is 2.33. The number of rotatable bonds is 2. The van der Waals surface area contributed by atoms with Gasteiger partial charge in [0.25, 0.3) is 0 Å². The van der Waals surface area contributed by atoms with Crippen molar-refractivity contribution >= 4 is 6.29 Å². The van der Waals surface area contributed by atoms with E-state index in [4.69, 9.17) is 4.74 Å². The molecule has 0 saturated carbocycles. The van der Waals surface area contributed by atoms with Crippen LogP contribution in [0.4, 0.5) is 0 Å². The highest BCUT2D eigenvalue weighted by Crippen LogP contribution is 2.35. The van der Waals surface area contributed by atoms with E-state index in [1.807, 2.05) is 13.8 Å². The Bertz CT molecular complexity index is 152. The molecule has 0 amide bonds. The number of carbonyl (C=O) groups excluding carboxylic acids is 1. The van der Waals surface area contributed by atoms with Crippen molar-refractivity contribution in [1.29, 1.82) is 0 Å². The lowest BCUT2D eigenvalue weighted by Gasteiger charge is -2.16. The largest absolute Gasteiger partial charge is 0.365 e. The van der Waals surface area contributed by atoms with E-state index >= 15 is 0 Å². The first-order valence-corrected chi connectivity index (χ1v) is 4.22. The summed E-state index contributed by atoms with van der Waals surface area (Å²) in [6.07, 6.45) is 2.82. The van der Waals surface area contributed by atoms with E-state index in [1.54, 1.807) is 0 Å². The molecule has 1 fully saturated rings. The first-order valence-electron chi connectivity index (χ1n) is 4.22. The van der Waals surface area contributed by atoms with Gasteiger partial charge in [0, 0.05) is 0 Å². The number of hydrogen-bond acceptors (Lipinski definition) is 2. The molecule has 0 aromatic carbocycles. The third-order valence-corrected chi connectivity index (χ3v) is 2.33. The van der Waals surface area contributed by atoms with Crippen LogP contribution in [0.25, 0.3) is 0 Å². The van der Waals surface area contributed by atoms with Crippen LogP contribution in [0.1, 0.15) is 33.6 Å². The third kappa shape index (κ3) is 1.80. The van der Waals surface area contributed by atoms with Gasteiger partial charge in [-0.3, -0.25) is 0 Å². The van der Waals surface area contributed by atoms with Crippen molar-refractivity contribution in [2.75, 3.05) is 0 Å². The second-order valence-corrected chi connectivity index (χ2v) is 3.85. The summed E-state index contributed by atoms with van der Waals surface area (Å²) >= 11 is 0. The van der Waals surface area contributed by atoms with Crippen LogP contribution in [0.3, 0.4) is 0 Å². The summed E-state index contributed by atoms with van der Waals surface area (Å²) in [7, 11) is 0. The van der Waals surface area contributed by atoms with Crippen molar-refractivity contribution < 1.29 is 9.53 Å². The number of hydrogen-bond donors (Lipinski definition) is 0. The number of carbonyl (C=O) groups is 1. The number of aldehydes is 1. The minimum atomic E-state index is -0.157. The highest BCUT2D eigenvalue weighted by Gasteiger charge is 2.38. The quantitative estimate of drug-likeness (QED) is 0.570. The monoisotopic (exact) mass is 156 g/mol. The van der Waals surface area contributed by atoms with Crippen LogP contribution in [0.5, 0.6) is 0 Å². The van der Waals surface area contributed by atoms with Crippen LogP contribution in [0.15, 0.2) is 0 Å². The van der Waals surface area contributed by atoms with E-state index in [0.717, 1.165) is 19.1 Å². The van der Waals surface area contributed by atoms with Gasteiger partial charge in [-0.15, -0.1) is 0 Å². The van der Waals surface area contributed by atoms with Crippen molar-refractivity contribution in [2.45, 2.75) is 45.3 Å². The minimum absolute atomic E-state index is 0.0910. The molecule has 0 aliphatic carbocycles. The Morgan fingerprint density at radius 2 is 2.27 bits per heavy atom. The molecule has 1 rings (SSSR count). The molecular weight excluding hydrogens is 140 g/mol. The van der Waals surface area contributed by atoms with Gasteiger partial charge in [0.1, 0.15) is 12.4 Å². The molecule has 1 saturated heterocycles. The molecule has 0 spiro atoms. The van der Waals surface area contributed by atoms with Crippen molar-refractivity contribution in [3.05, 3.63) is 0 Å². The molecule has 0 bridgehead atoms. The predicted octanol–water partition coefficient (Wildman–Crippen LogP) is 1.78. The van der Waals surface area contributed by atoms with Crippen LogP contribution in [0.2, 0.25) is 0 Å². The molecule has 64 valence electrons. The summed E-state index contributed by atoms with van der Waals surface area (Å²) in [4.78, 5) is 10.5. The molecule has 1 aliphatic rings. The first-order chi connectivity index (χ1) is 5.09. The first kappa shape index (κ1) is 8.72. The number of ether oxygens (including phenoxy) is 1. The fraction of sp³-hybridized carbons (Fsp3) is 0.889. The molecule has 0 aromatic heterocycles. The Hall–Kier alpha value is -0.370. The van der Waals surface area contributed by atoms with Crippen molar-refractivity contribution in [3.8, 4) is 0 Å². The van der Waals surface area contributed by atoms with E-state index in [2.05, 4.69) is 6.92 Å². The summed E-state index contributed by atoms with van der Waals surface area (Å²) in [6.45, 7) is 6.18. The van der Waals surface area contributed by atoms with Gasteiger partial charge in [-0.1, -0.05) is 13.3 Å². The van der Waals surface area contributed by atoms with E-state index in [-0.39, 0.29) is 11.7 Å². The zero-order valence-corrected chi connectivity index (χ0v) is 7.46. The van der Waals surface area contributed by atoms with E-state index < -0.39 is 0 Å². The van der Waals surface area contributed by atoms with Gasteiger partial charge in [0.15, 0.2) is 0 Å². The van der Waals surface area contributed by atoms with Gasteiger partial charge in [-0.25, -0.2) is 0 Å². The van der Waals surface area contributed by atoms with Crippen LogP contribution >= 0.6 is 0 Å². The van der Waals surface area contributed by atoms with Crippen LogP contribution < -0.4 is 0 Å². The highest BCUT2D eigenvalue weighted by atomic mass is 16.5. The molecule has 2 atom stereocenters.